The van der Waals surface area contributed by atoms with Crippen molar-refractivity contribution in [2.45, 2.75) is 30.0 Å². The lowest BCUT2D eigenvalue weighted by Gasteiger charge is -2.36. The van der Waals surface area contributed by atoms with Gasteiger partial charge in [0.25, 0.3) is 5.69 Å². The average Bonchev–Trinajstić information content (AvgIpc) is 2.41. The fraction of sp³-hybridized carbons (Fsp3) is 0.500. The van der Waals surface area contributed by atoms with Gasteiger partial charge in [-0.3, -0.25) is 10.1 Å². The predicted octanol–water partition coefficient (Wildman–Crippen LogP) is 2.87. The van der Waals surface area contributed by atoms with Gasteiger partial charge >= 0.3 is 0 Å². The second kappa shape index (κ2) is 6.23. The van der Waals surface area contributed by atoms with Crippen molar-refractivity contribution in [3.63, 3.8) is 0 Å². The van der Waals surface area contributed by atoms with Crippen molar-refractivity contribution >= 4 is 43.4 Å². The maximum atomic E-state index is 12.8. The summed E-state index contributed by atoms with van der Waals surface area (Å²) in [5.74, 6) is 0.687. The molecule has 0 aliphatic carbocycles. The number of nitro groups is 1. The zero-order valence-electron chi connectivity index (χ0n) is 11.5. The van der Waals surface area contributed by atoms with E-state index in [1.165, 1.54) is 22.5 Å². The Hall–Kier alpha value is -0.640. The van der Waals surface area contributed by atoms with Crippen molar-refractivity contribution in [2.75, 3.05) is 12.3 Å². The Morgan fingerprint density at radius 3 is 2.71 bits per heavy atom. The summed E-state index contributed by atoms with van der Waals surface area (Å²) in [6.45, 7) is 4.16. The highest BCUT2D eigenvalue weighted by Gasteiger charge is 2.38. The number of rotatable bonds is 3. The minimum atomic E-state index is -3.89. The molecule has 1 aromatic rings. The normalized spacial score (nSPS) is 24.0. The molecule has 2 rings (SSSR count). The molecule has 0 aromatic heterocycles. The highest BCUT2D eigenvalue weighted by molar-refractivity contribution is 9.10. The summed E-state index contributed by atoms with van der Waals surface area (Å²) in [7, 11) is -3.89. The molecule has 0 N–H and O–H groups in total. The number of benzene rings is 1. The van der Waals surface area contributed by atoms with Gasteiger partial charge in [0.1, 0.15) is 0 Å². The Morgan fingerprint density at radius 2 is 2.10 bits per heavy atom. The van der Waals surface area contributed by atoms with Gasteiger partial charge in [0.2, 0.25) is 10.0 Å². The molecule has 0 saturated carbocycles. The highest BCUT2D eigenvalue weighted by Crippen LogP contribution is 2.34. The Kier molecular flexibility index (Phi) is 4.96. The van der Waals surface area contributed by atoms with Crippen molar-refractivity contribution in [2.24, 2.45) is 0 Å². The number of hydrogen-bond donors (Lipinski definition) is 0. The zero-order chi connectivity index (χ0) is 15.8. The summed E-state index contributed by atoms with van der Waals surface area (Å²) >= 11 is 4.88. The quantitative estimate of drug-likeness (QED) is 0.581. The van der Waals surface area contributed by atoms with E-state index in [0.717, 1.165) is 0 Å². The molecule has 1 heterocycles. The van der Waals surface area contributed by atoms with Gasteiger partial charge in [-0.1, -0.05) is 22.9 Å². The number of nitrogens with zero attached hydrogens (tertiary/aromatic N) is 2. The zero-order valence-corrected chi connectivity index (χ0v) is 14.7. The van der Waals surface area contributed by atoms with Crippen LogP contribution in [-0.4, -0.2) is 41.2 Å². The Labute approximate surface area is 136 Å². The number of sulfonamides is 1. The molecule has 1 aliphatic rings. The van der Waals surface area contributed by atoms with Gasteiger partial charge in [-0.05, 0) is 19.1 Å². The van der Waals surface area contributed by atoms with Gasteiger partial charge in [-0.25, -0.2) is 8.42 Å². The summed E-state index contributed by atoms with van der Waals surface area (Å²) in [5.41, 5.74) is -0.392. The second-order valence-corrected chi connectivity index (χ2v) is 9.06. The van der Waals surface area contributed by atoms with E-state index in [4.69, 9.17) is 0 Å². The Balaban J connectivity index is 2.53. The van der Waals surface area contributed by atoms with Crippen LogP contribution in [0.2, 0.25) is 0 Å². The Morgan fingerprint density at radius 1 is 1.43 bits per heavy atom. The van der Waals surface area contributed by atoms with E-state index in [1.54, 1.807) is 11.8 Å². The first kappa shape index (κ1) is 16.7. The third-order valence-electron chi connectivity index (χ3n) is 3.53. The van der Waals surface area contributed by atoms with Crippen LogP contribution in [0.15, 0.2) is 27.6 Å². The molecule has 0 bridgehead atoms. The van der Waals surface area contributed by atoms with E-state index in [9.17, 15) is 18.5 Å². The van der Waals surface area contributed by atoms with Crippen molar-refractivity contribution < 1.29 is 13.3 Å². The van der Waals surface area contributed by atoms with Crippen molar-refractivity contribution in [3.05, 3.63) is 32.8 Å². The first-order chi connectivity index (χ1) is 9.75. The molecule has 2 atom stereocenters. The van der Waals surface area contributed by atoms with Gasteiger partial charge in [-0.15, -0.1) is 0 Å². The number of hydrogen-bond acceptors (Lipinski definition) is 5. The third-order valence-corrected chi connectivity index (χ3v) is 7.38. The summed E-state index contributed by atoms with van der Waals surface area (Å²) in [6.07, 6.45) is 0. The van der Waals surface area contributed by atoms with Crippen molar-refractivity contribution in [1.82, 2.24) is 4.31 Å². The van der Waals surface area contributed by atoms with Crippen molar-refractivity contribution in [1.29, 1.82) is 0 Å². The van der Waals surface area contributed by atoms with Crippen LogP contribution in [0.4, 0.5) is 5.69 Å². The maximum Gasteiger partial charge on any atom is 0.289 e. The molecule has 1 saturated heterocycles. The highest BCUT2D eigenvalue weighted by atomic mass is 79.9. The van der Waals surface area contributed by atoms with E-state index < -0.39 is 20.6 Å². The van der Waals surface area contributed by atoms with Crippen LogP contribution in [0.5, 0.6) is 0 Å². The van der Waals surface area contributed by atoms with Gasteiger partial charge in [0.05, 0.1) is 4.92 Å². The summed E-state index contributed by atoms with van der Waals surface area (Å²) < 4.78 is 27.5. The van der Waals surface area contributed by atoms with Crippen LogP contribution < -0.4 is 0 Å². The molecule has 1 aromatic carbocycles. The molecule has 0 amide bonds. The topological polar surface area (TPSA) is 80.5 Å². The van der Waals surface area contributed by atoms with E-state index in [2.05, 4.69) is 15.9 Å². The van der Waals surface area contributed by atoms with Crippen LogP contribution in [0.25, 0.3) is 0 Å². The molecule has 6 nitrogen and oxygen atoms in total. The van der Waals surface area contributed by atoms with Gasteiger partial charge in [0, 0.05) is 34.1 Å². The smallest absolute Gasteiger partial charge is 0.258 e. The fourth-order valence-electron chi connectivity index (χ4n) is 2.22. The summed E-state index contributed by atoms with van der Waals surface area (Å²) in [5, 5.41) is 11.3. The third kappa shape index (κ3) is 3.25. The fourth-order valence-corrected chi connectivity index (χ4v) is 5.91. The van der Waals surface area contributed by atoms with Crippen LogP contribution in [0.3, 0.4) is 0 Å². The van der Waals surface area contributed by atoms with E-state index in [0.29, 0.717) is 16.8 Å². The standard InChI is InChI=1S/C12H15BrN2O4S2/c1-8-9(2)20-6-5-14(8)21(18,19)12-7-10(13)3-4-11(12)15(16)17/h3-4,7-9H,5-6H2,1-2H3. The summed E-state index contributed by atoms with van der Waals surface area (Å²) in [4.78, 5) is 10.2. The number of thioether (sulfide) groups is 1. The molecule has 2 unspecified atom stereocenters. The lowest BCUT2D eigenvalue weighted by molar-refractivity contribution is -0.387. The molecule has 116 valence electrons. The molecule has 1 aliphatic heterocycles. The number of halogens is 1. The first-order valence-electron chi connectivity index (χ1n) is 6.32. The van der Waals surface area contributed by atoms with Gasteiger partial charge in [0.15, 0.2) is 4.90 Å². The van der Waals surface area contributed by atoms with Crippen LogP contribution >= 0.6 is 27.7 Å². The van der Waals surface area contributed by atoms with E-state index in [-0.39, 0.29) is 16.2 Å². The van der Waals surface area contributed by atoms with E-state index in [1.807, 2.05) is 13.8 Å². The molecule has 1 fully saturated rings. The minimum Gasteiger partial charge on any atom is -0.258 e. The van der Waals surface area contributed by atoms with Gasteiger partial charge < -0.3 is 0 Å². The first-order valence-corrected chi connectivity index (χ1v) is 9.60. The second-order valence-electron chi connectivity index (χ2n) is 4.80. The Bertz CT molecular complexity index is 665. The molecule has 9 heteroatoms. The molecule has 0 radical (unpaired) electrons. The predicted molar refractivity (Wildman–Crippen MR) is 86.1 cm³/mol. The lowest BCUT2D eigenvalue weighted by Crippen LogP contribution is -2.47. The summed E-state index contributed by atoms with van der Waals surface area (Å²) in [6, 6.07) is 3.78. The monoisotopic (exact) mass is 394 g/mol. The minimum absolute atomic E-state index is 0.153. The molecule has 21 heavy (non-hydrogen) atoms. The van der Waals surface area contributed by atoms with Crippen LogP contribution in [0, 0.1) is 10.1 Å². The number of nitro benzene ring substituents is 1. The van der Waals surface area contributed by atoms with Gasteiger partial charge in [-0.2, -0.15) is 16.1 Å². The largest absolute Gasteiger partial charge is 0.289 e. The van der Waals surface area contributed by atoms with Crippen molar-refractivity contribution in [3.8, 4) is 0 Å². The maximum absolute atomic E-state index is 12.8. The molecule has 0 spiro atoms. The van der Waals surface area contributed by atoms with Crippen LogP contribution in [0.1, 0.15) is 13.8 Å². The SMILES string of the molecule is CC1SCCN(S(=O)(=O)c2cc(Br)ccc2[N+](=O)[O-])C1C. The average molecular weight is 395 g/mol. The van der Waals surface area contributed by atoms with E-state index >= 15 is 0 Å². The molecular weight excluding hydrogens is 380 g/mol. The lowest BCUT2D eigenvalue weighted by atomic mass is 10.2. The van der Waals surface area contributed by atoms with Crippen LogP contribution in [-0.2, 0) is 10.0 Å². The molecular formula is C12H15BrN2O4S2.